The zero-order chi connectivity index (χ0) is 20.4. The summed E-state index contributed by atoms with van der Waals surface area (Å²) in [6.07, 6.45) is 6.14. The molecule has 4 rings (SSSR count). The molecule has 0 radical (unpaired) electrons. The highest BCUT2D eigenvalue weighted by molar-refractivity contribution is 6.08. The predicted octanol–water partition coefficient (Wildman–Crippen LogP) is 3.57. The summed E-state index contributed by atoms with van der Waals surface area (Å²) in [6.45, 7) is 2.04. The molecule has 1 aromatic carbocycles. The number of fused-ring (bicyclic) bond motifs is 3. The zero-order valence-electron chi connectivity index (χ0n) is 15.9. The van der Waals surface area contributed by atoms with Gasteiger partial charge in [-0.25, -0.2) is 4.79 Å². The van der Waals surface area contributed by atoms with Crippen LogP contribution < -0.4 is 16.6 Å². The number of anilines is 1. The molecule has 2 N–H and O–H groups in total. The minimum absolute atomic E-state index is 0.536. The minimum Gasteiger partial charge on any atom is -0.364 e. The first-order chi connectivity index (χ1) is 14.1. The van der Waals surface area contributed by atoms with Gasteiger partial charge in [0.1, 0.15) is 6.17 Å². The third kappa shape index (κ3) is 3.61. The van der Waals surface area contributed by atoms with Gasteiger partial charge in [0.05, 0.1) is 17.2 Å². The van der Waals surface area contributed by atoms with E-state index in [9.17, 15) is 14.0 Å². The van der Waals surface area contributed by atoms with Crippen LogP contribution in [0.25, 0.3) is 21.8 Å². The fourth-order valence-corrected chi connectivity index (χ4v) is 3.45. The van der Waals surface area contributed by atoms with Gasteiger partial charge < -0.3 is 5.32 Å². The monoisotopic (exact) mass is 393 g/mol. The Hall–Kier alpha value is -3.55. The molecule has 0 aliphatic heterocycles. The Labute approximate surface area is 165 Å². The van der Waals surface area contributed by atoms with Crippen molar-refractivity contribution >= 4 is 27.5 Å². The molecule has 3 aromatic heterocycles. The van der Waals surface area contributed by atoms with Crippen molar-refractivity contribution in [3.8, 4) is 0 Å². The highest BCUT2D eigenvalue weighted by atomic mass is 19.1. The molecule has 1 atom stereocenters. The minimum atomic E-state index is -1.02. The van der Waals surface area contributed by atoms with Gasteiger partial charge in [-0.15, -0.1) is 0 Å². The summed E-state index contributed by atoms with van der Waals surface area (Å²) in [7, 11) is 0. The molecule has 0 fully saturated rings. The number of aromatic nitrogens is 4. The van der Waals surface area contributed by atoms with E-state index >= 15 is 0 Å². The molecule has 0 bridgehead atoms. The van der Waals surface area contributed by atoms with Crippen LogP contribution in [0.2, 0.25) is 0 Å². The van der Waals surface area contributed by atoms with Crippen LogP contribution in [0.3, 0.4) is 0 Å². The largest absolute Gasteiger partial charge is 0.364 e. The fourth-order valence-electron chi connectivity index (χ4n) is 3.45. The van der Waals surface area contributed by atoms with Crippen LogP contribution in [0, 0.1) is 5.82 Å². The molecule has 4 aromatic rings. The van der Waals surface area contributed by atoms with E-state index in [1.807, 2.05) is 42.2 Å². The number of hydrogen-bond acceptors (Lipinski definition) is 5. The van der Waals surface area contributed by atoms with Crippen LogP contribution >= 0.6 is 0 Å². The van der Waals surface area contributed by atoms with Crippen LogP contribution in [0.1, 0.15) is 32.4 Å². The topological polar surface area (TPSA) is 92.7 Å². The summed E-state index contributed by atoms with van der Waals surface area (Å²) in [5.41, 5.74) is 0.600. The van der Waals surface area contributed by atoms with Crippen molar-refractivity contribution < 1.29 is 4.39 Å². The van der Waals surface area contributed by atoms with Crippen molar-refractivity contribution in [2.75, 3.05) is 5.32 Å². The maximum absolute atomic E-state index is 13.9. The molecule has 29 heavy (non-hydrogen) atoms. The number of pyridine rings is 2. The maximum atomic E-state index is 13.9. The summed E-state index contributed by atoms with van der Waals surface area (Å²) in [5.74, 6) is -0.998. The lowest BCUT2D eigenvalue weighted by atomic mass is 10.1. The average Bonchev–Trinajstić information content (AvgIpc) is 2.74. The van der Waals surface area contributed by atoms with Crippen molar-refractivity contribution in [3.05, 3.63) is 75.6 Å². The van der Waals surface area contributed by atoms with Crippen LogP contribution in [0.15, 0.2) is 58.5 Å². The van der Waals surface area contributed by atoms with Gasteiger partial charge in [0, 0.05) is 28.9 Å². The highest BCUT2D eigenvalue weighted by Crippen LogP contribution is 2.31. The molecule has 0 aliphatic rings. The summed E-state index contributed by atoms with van der Waals surface area (Å²) < 4.78 is 15.1. The van der Waals surface area contributed by atoms with Gasteiger partial charge in [0.25, 0.3) is 5.56 Å². The smallest absolute Gasteiger partial charge is 0.330 e. The van der Waals surface area contributed by atoms with Crippen LogP contribution in [0.4, 0.5) is 10.1 Å². The van der Waals surface area contributed by atoms with Crippen molar-refractivity contribution in [3.63, 3.8) is 0 Å². The van der Waals surface area contributed by atoms with E-state index in [4.69, 9.17) is 0 Å². The quantitative estimate of drug-likeness (QED) is 0.489. The number of rotatable bonds is 6. The third-order valence-electron chi connectivity index (χ3n) is 4.87. The lowest BCUT2D eigenvalue weighted by Gasteiger charge is -2.23. The SMILES string of the molecule is CCCCC(Nc1cc2cccnc2c2ncccc12)n1cc(F)c(=O)[nH]c1=O. The van der Waals surface area contributed by atoms with E-state index in [2.05, 4.69) is 15.3 Å². The standard InChI is InChI=1S/C21H20FN5O2/c1-2-3-8-17(27-12-15(22)20(28)26-21(27)29)25-16-11-13-6-4-9-23-18(13)19-14(16)7-5-10-24-19/h4-7,9-12,17,25H,2-3,8H2,1H3,(H,26,28,29). The van der Waals surface area contributed by atoms with E-state index in [0.717, 1.165) is 46.5 Å². The zero-order valence-corrected chi connectivity index (χ0v) is 15.9. The molecule has 0 spiro atoms. The van der Waals surface area contributed by atoms with Crippen molar-refractivity contribution in [1.29, 1.82) is 0 Å². The van der Waals surface area contributed by atoms with Crippen LogP contribution in [-0.4, -0.2) is 19.5 Å². The number of nitrogens with zero attached hydrogens (tertiary/aromatic N) is 3. The molecule has 0 amide bonds. The first-order valence-corrected chi connectivity index (χ1v) is 9.48. The Morgan fingerprint density at radius 1 is 1.17 bits per heavy atom. The normalized spacial score (nSPS) is 12.3. The van der Waals surface area contributed by atoms with E-state index in [1.165, 1.54) is 4.57 Å². The highest BCUT2D eigenvalue weighted by Gasteiger charge is 2.17. The first kappa shape index (κ1) is 18.8. The van der Waals surface area contributed by atoms with E-state index in [-0.39, 0.29) is 0 Å². The van der Waals surface area contributed by atoms with Gasteiger partial charge in [-0.2, -0.15) is 4.39 Å². The van der Waals surface area contributed by atoms with E-state index < -0.39 is 23.2 Å². The van der Waals surface area contributed by atoms with Gasteiger partial charge in [0.15, 0.2) is 0 Å². The molecule has 1 unspecified atom stereocenters. The van der Waals surface area contributed by atoms with Crippen molar-refractivity contribution in [1.82, 2.24) is 19.5 Å². The Kier molecular flexibility index (Phi) is 5.07. The number of halogens is 1. The number of aromatic amines is 1. The third-order valence-corrected chi connectivity index (χ3v) is 4.87. The van der Waals surface area contributed by atoms with Gasteiger partial charge in [-0.05, 0) is 37.1 Å². The van der Waals surface area contributed by atoms with Crippen LogP contribution in [0.5, 0.6) is 0 Å². The molecule has 3 heterocycles. The van der Waals surface area contributed by atoms with Crippen LogP contribution in [-0.2, 0) is 0 Å². The molecule has 7 nitrogen and oxygen atoms in total. The summed E-state index contributed by atoms with van der Waals surface area (Å²) in [6, 6.07) is 9.48. The number of benzene rings is 1. The fraction of sp³-hybridized carbons (Fsp3) is 0.238. The van der Waals surface area contributed by atoms with Crippen molar-refractivity contribution in [2.24, 2.45) is 0 Å². The summed E-state index contributed by atoms with van der Waals surface area (Å²) in [5, 5.41) is 5.10. The second kappa shape index (κ2) is 7.83. The molecule has 0 saturated heterocycles. The maximum Gasteiger partial charge on any atom is 0.330 e. The first-order valence-electron chi connectivity index (χ1n) is 9.48. The van der Waals surface area contributed by atoms with E-state index in [1.54, 1.807) is 12.4 Å². The Balaban J connectivity index is 1.86. The van der Waals surface area contributed by atoms with Gasteiger partial charge in [-0.3, -0.25) is 24.3 Å². The molecule has 8 heteroatoms. The van der Waals surface area contributed by atoms with Crippen molar-refractivity contribution in [2.45, 2.75) is 32.4 Å². The summed E-state index contributed by atoms with van der Waals surface area (Å²) in [4.78, 5) is 34.7. The lowest BCUT2D eigenvalue weighted by Crippen LogP contribution is -2.36. The molecule has 0 aliphatic carbocycles. The lowest BCUT2D eigenvalue weighted by molar-refractivity contribution is 0.456. The number of H-pyrrole nitrogens is 1. The van der Waals surface area contributed by atoms with Gasteiger partial charge in [0.2, 0.25) is 5.82 Å². The number of unbranched alkanes of at least 4 members (excludes halogenated alkanes) is 1. The van der Waals surface area contributed by atoms with Gasteiger partial charge >= 0.3 is 5.69 Å². The molecule has 148 valence electrons. The van der Waals surface area contributed by atoms with E-state index in [0.29, 0.717) is 6.42 Å². The predicted molar refractivity (Wildman–Crippen MR) is 111 cm³/mol. The molecular weight excluding hydrogens is 373 g/mol. The Bertz CT molecular complexity index is 1300. The second-order valence-electron chi connectivity index (χ2n) is 6.84. The second-order valence-corrected chi connectivity index (χ2v) is 6.84. The molecule has 0 saturated carbocycles. The number of nitrogens with one attached hydrogen (secondary N) is 2. The summed E-state index contributed by atoms with van der Waals surface area (Å²) >= 11 is 0. The number of hydrogen-bond donors (Lipinski definition) is 2. The Morgan fingerprint density at radius 2 is 1.93 bits per heavy atom. The Morgan fingerprint density at radius 3 is 2.72 bits per heavy atom. The van der Waals surface area contributed by atoms with Gasteiger partial charge in [-0.1, -0.05) is 19.4 Å². The molecular formula is C21H20FN5O2. The average molecular weight is 393 g/mol.